The number of aryl methyl sites for hydroxylation is 2. The topological polar surface area (TPSA) is 0 Å². The predicted octanol–water partition coefficient (Wildman–Crippen LogP) is 7.85. The molecule has 4 aromatic carbocycles. The molecule has 0 saturated carbocycles. The van der Waals surface area contributed by atoms with Gasteiger partial charge in [-0.3, -0.25) is 0 Å². The number of hydrogen-bond donors (Lipinski definition) is 0. The molecular weight excluding hydrogens is 611 g/mol. The van der Waals surface area contributed by atoms with E-state index >= 15 is 0 Å². The van der Waals surface area contributed by atoms with E-state index in [1.54, 1.807) is 0 Å². The molecule has 1 unspecified atom stereocenters. The number of halogens is 2. The molecule has 1 aliphatic carbocycles. The summed E-state index contributed by atoms with van der Waals surface area (Å²) in [6.45, 7) is 9.16. The minimum atomic E-state index is -3.98. The summed E-state index contributed by atoms with van der Waals surface area (Å²) in [6.07, 6.45) is 5.54. The van der Waals surface area contributed by atoms with E-state index < -0.39 is 27.4 Å². The first-order valence-electron chi connectivity index (χ1n) is 14.4. The molecule has 0 bridgehead atoms. The Morgan fingerprint density at radius 1 is 0.769 bits per heavy atom. The maximum absolute atomic E-state index is 7.89. The molecule has 1 atom stereocenters. The zero-order valence-corrected chi connectivity index (χ0v) is 28.7. The van der Waals surface area contributed by atoms with Crippen LogP contribution in [0.15, 0.2) is 84.4 Å². The van der Waals surface area contributed by atoms with Gasteiger partial charge in [0.05, 0.1) is 0 Å². The molecule has 39 heavy (non-hydrogen) atoms. The quantitative estimate of drug-likeness (QED) is 0.158. The number of allylic oxidation sites excluding steroid dienone is 1. The van der Waals surface area contributed by atoms with Crippen molar-refractivity contribution in [3.05, 3.63) is 107 Å². The van der Waals surface area contributed by atoms with Crippen molar-refractivity contribution in [2.75, 3.05) is 0 Å². The second kappa shape index (κ2) is 10.9. The van der Waals surface area contributed by atoms with Gasteiger partial charge in [-0.25, -0.2) is 0 Å². The van der Waals surface area contributed by atoms with E-state index in [-0.39, 0.29) is 3.63 Å². The van der Waals surface area contributed by atoms with Gasteiger partial charge in [0.1, 0.15) is 0 Å². The Hall–Kier alpha value is -1.70. The van der Waals surface area contributed by atoms with Gasteiger partial charge in [0.15, 0.2) is 0 Å². The van der Waals surface area contributed by atoms with Crippen LogP contribution in [-0.4, -0.2) is 9.52 Å². The summed E-state index contributed by atoms with van der Waals surface area (Å²) in [5.74, 6) is 0.542. The summed E-state index contributed by atoms with van der Waals surface area (Å²) in [5, 5.41) is 3.02. The third-order valence-electron chi connectivity index (χ3n) is 8.64. The van der Waals surface area contributed by atoms with Crippen LogP contribution < -0.4 is 13.6 Å². The monoisotopic (exact) mass is 644 g/mol. The van der Waals surface area contributed by atoms with Crippen LogP contribution in [0.4, 0.5) is 0 Å². The van der Waals surface area contributed by atoms with E-state index in [0.717, 1.165) is 19.3 Å². The van der Waals surface area contributed by atoms with Crippen molar-refractivity contribution in [1.82, 2.24) is 0 Å². The van der Waals surface area contributed by atoms with Crippen molar-refractivity contribution in [3.63, 3.8) is 0 Å². The van der Waals surface area contributed by atoms with Crippen molar-refractivity contribution in [2.45, 2.75) is 50.6 Å². The summed E-state index contributed by atoms with van der Waals surface area (Å²) in [5.41, 5.74) is 12.5. The Morgan fingerprint density at radius 3 is 2.21 bits per heavy atom. The first-order chi connectivity index (χ1) is 18.8. The average molecular weight is 647 g/mol. The van der Waals surface area contributed by atoms with Crippen LogP contribution in [0.1, 0.15) is 60.0 Å². The van der Waals surface area contributed by atoms with Crippen LogP contribution in [0.3, 0.4) is 0 Å². The molecule has 0 nitrogen and oxygen atoms in total. The number of fused-ring (bicyclic) bond motifs is 4. The van der Waals surface area contributed by atoms with Gasteiger partial charge < -0.3 is 0 Å². The normalized spacial score (nSPS) is 16.4. The summed E-state index contributed by atoms with van der Waals surface area (Å²) >= 11 is -3.98. The average Bonchev–Trinajstić information content (AvgIpc) is 3.50. The zero-order chi connectivity index (χ0) is 27.3. The van der Waals surface area contributed by atoms with Crippen LogP contribution in [-0.2, 0) is 30.7 Å². The second-order valence-corrected chi connectivity index (χ2v) is 27.3. The molecule has 0 radical (unpaired) electrons. The van der Waals surface area contributed by atoms with Gasteiger partial charge in [0.2, 0.25) is 0 Å². The van der Waals surface area contributed by atoms with E-state index in [1.807, 2.05) is 0 Å². The van der Waals surface area contributed by atoms with Gasteiger partial charge >= 0.3 is 250 Å². The van der Waals surface area contributed by atoms with E-state index in [9.17, 15) is 0 Å². The molecule has 0 amide bonds. The maximum atomic E-state index is 7.89. The van der Waals surface area contributed by atoms with Crippen LogP contribution >= 0.6 is 17.0 Å². The van der Waals surface area contributed by atoms with Gasteiger partial charge in [-0.05, 0) is 0 Å². The SMILES string of the molecule is CCc1ccccc1-c1c(CC)ccc2c1C=C(CC(C)C)[CH]2[Zr]([Cl])([Cl])[c]1cccc2c1[SiH2]c1ccccc1-2. The van der Waals surface area contributed by atoms with Gasteiger partial charge in [-0.2, -0.15) is 0 Å². The van der Waals surface area contributed by atoms with E-state index in [0.29, 0.717) is 5.92 Å². The first-order valence-corrected chi connectivity index (χ1v) is 24.8. The van der Waals surface area contributed by atoms with Crippen molar-refractivity contribution in [3.8, 4) is 22.3 Å². The van der Waals surface area contributed by atoms with Gasteiger partial charge in [0.25, 0.3) is 0 Å². The summed E-state index contributed by atoms with van der Waals surface area (Å²) in [7, 11) is 15.2. The number of hydrogen-bond acceptors (Lipinski definition) is 0. The molecule has 198 valence electrons. The Labute approximate surface area is 247 Å². The molecule has 6 rings (SSSR count). The molecule has 0 fully saturated rings. The van der Waals surface area contributed by atoms with E-state index in [1.165, 1.54) is 63.7 Å². The van der Waals surface area contributed by atoms with Crippen LogP contribution in [0.25, 0.3) is 28.3 Å². The van der Waals surface area contributed by atoms with Crippen molar-refractivity contribution >= 4 is 46.3 Å². The van der Waals surface area contributed by atoms with Gasteiger partial charge in [0, 0.05) is 0 Å². The van der Waals surface area contributed by atoms with Crippen LogP contribution in [0.5, 0.6) is 0 Å². The third kappa shape index (κ3) is 4.70. The number of benzene rings is 4. The molecule has 0 N–H and O–H groups in total. The zero-order valence-electron chi connectivity index (χ0n) is 23.3. The van der Waals surface area contributed by atoms with E-state index in [2.05, 4.69) is 113 Å². The van der Waals surface area contributed by atoms with Gasteiger partial charge in [-0.1, -0.05) is 0 Å². The third-order valence-corrected chi connectivity index (χ3v) is 23.0. The Morgan fingerprint density at radius 2 is 1.46 bits per heavy atom. The fourth-order valence-corrected chi connectivity index (χ4v) is 23.7. The molecule has 0 saturated heterocycles. The standard InChI is InChI=1S/C23H27.C12H9Si.2ClH.Zr/c1-5-18-9-7-8-10-21(18)23-19(6-2)11-12-20-14-17(13-16(3)4)15-22(20)23;1-3-7-11-9(5-1)10-6-2-4-8-12(10)13-11;;;/h7-12,14-16H,5-6,13H2,1-4H3;1-7H,13H2;2*1H;/q;;;;+2/p-2. The minimum absolute atomic E-state index is 0.127. The Kier molecular flexibility index (Phi) is 7.71. The summed E-state index contributed by atoms with van der Waals surface area (Å²) in [4.78, 5) is 0. The fraction of sp³-hybridized carbons (Fsp3) is 0.257. The van der Waals surface area contributed by atoms with Crippen molar-refractivity contribution in [1.29, 1.82) is 0 Å². The molecular formula is C35H36Cl2SiZr. The van der Waals surface area contributed by atoms with Crippen LogP contribution in [0.2, 0.25) is 0 Å². The molecule has 0 spiro atoms. The number of rotatable bonds is 7. The van der Waals surface area contributed by atoms with Crippen LogP contribution in [0, 0.1) is 5.92 Å². The van der Waals surface area contributed by atoms with Crippen molar-refractivity contribution in [2.24, 2.45) is 5.92 Å². The molecule has 2 aliphatic rings. The molecule has 1 heterocycles. The Balaban J connectivity index is 1.55. The molecule has 4 aromatic rings. The van der Waals surface area contributed by atoms with Crippen molar-refractivity contribution < 1.29 is 17.9 Å². The second-order valence-electron chi connectivity index (χ2n) is 11.5. The summed E-state index contributed by atoms with van der Waals surface area (Å²) < 4.78 is 1.44. The predicted molar refractivity (Wildman–Crippen MR) is 172 cm³/mol. The molecule has 0 aromatic heterocycles. The van der Waals surface area contributed by atoms with Gasteiger partial charge in [-0.15, -0.1) is 0 Å². The Bertz CT molecular complexity index is 1600. The first kappa shape index (κ1) is 27.5. The molecule has 1 aliphatic heterocycles. The fourth-order valence-electron chi connectivity index (χ4n) is 6.94. The van der Waals surface area contributed by atoms with E-state index in [4.69, 9.17) is 17.0 Å². The molecule has 4 heteroatoms. The summed E-state index contributed by atoms with van der Waals surface area (Å²) in [6, 6.07) is 29.3.